The molecule has 4 N–H and O–H groups in total. The number of hydrogen-bond donors (Lipinski definition) is 2. The van der Waals surface area contributed by atoms with Crippen molar-refractivity contribution >= 4 is 11.8 Å². The van der Waals surface area contributed by atoms with Crippen LogP contribution in [0.4, 0.5) is 5.82 Å². The number of fused-ring (bicyclic) bond motifs is 1. The van der Waals surface area contributed by atoms with E-state index < -0.39 is 0 Å². The summed E-state index contributed by atoms with van der Waals surface area (Å²) in [6, 6.07) is 14.7. The molecule has 9 nitrogen and oxygen atoms in total. The molecule has 9 heteroatoms. The minimum atomic E-state index is -0.209. The van der Waals surface area contributed by atoms with Gasteiger partial charge in [-0.3, -0.25) is 0 Å². The first-order valence-corrected chi connectivity index (χ1v) is 9.21. The number of aromatic nitrogens is 1. The molecule has 4 rings (SSSR count). The average Bonchev–Trinajstić information content (AvgIpc) is 3.25. The lowest BCUT2D eigenvalue weighted by Gasteiger charge is -2.14. The van der Waals surface area contributed by atoms with Crippen LogP contribution in [0, 0.1) is 11.3 Å². The molecule has 2 heterocycles. The molecule has 1 aromatic heterocycles. The number of aliphatic imine (C=N–C) groups is 1. The summed E-state index contributed by atoms with van der Waals surface area (Å²) in [5, 5.41) is 9.86. The molecule has 0 fully saturated rings. The lowest BCUT2D eigenvalue weighted by molar-refractivity contribution is 0.174. The van der Waals surface area contributed by atoms with Gasteiger partial charge in [-0.05, 0) is 35.9 Å². The molecule has 3 aromatic rings. The van der Waals surface area contributed by atoms with Crippen molar-refractivity contribution in [3.63, 3.8) is 0 Å². The van der Waals surface area contributed by atoms with Crippen molar-refractivity contribution < 1.29 is 18.9 Å². The van der Waals surface area contributed by atoms with Crippen LogP contribution in [-0.4, -0.2) is 32.0 Å². The van der Waals surface area contributed by atoms with Crippen LogP contribution >= 0.6 is 0 Å². The second kappa shape index (κ2) is 8.12. The summed E-state index contributed by atoms with van der Waals surface area (Å²) in [5.74, 6) is 2.30. The minimum Gasteiger partial charge on any atom is -0.497 e. The molecule has 0 aliphatic carbocycles. The molecule has 0 unspecified atom stereocenters. The van der Waals surface area contributed by atoms with Crippen molar-refractivity contribution in [3.05, 3.63) is 48.0 Å². The molecule has 0 bridgehead atoms. The fourth-order valence-corrected chi connectivity index (χ4v) is 3.28. The van der Waals surface area contributed by atoms with Crippen LogP contribution < -0.4 is 30.4 Å². The molecule has 0 spiro atoms. The fourth-order valence-electron chi connectivity index (χ4n) is 3.28. The molecule has 0 saturated carbocycles. The topological polar surface area (TPSA) is 138 Å². The van der Waals surface area contributed by atoms with E-state index in [-0.39, 0.29) is 24.1 Å². The summed E-state index contributed by atoms with van der Waals surface area (Å²) >= 11 is 0. The van der Waals surface area contributed by atoms with E-state index in [4.69, 9.17) is 30.4 Å². The third-order valence-electron chi connectivity index (χ3n) is 4.72. The average molecular weight is 417 g/mol. The minimum absolute atomic E-state index is 0.102. The van der Waals surface area contributed by atoms with Crippen LogP contribution in [0.15, 0.2) is 47.5 Å². The van der Waals surface area contributed by atoms with E-state index in [1.165, 1.54) is 0 Å². The largest absolute Gasteiger partial charge is 0.497 e. The number of pyridine rings is 1. The molecule has 0 saturated heterocycles. The number of nitriles is 1. The zero-order valence-corrected chi connectivity index (χ0v) is 16.9. The van der Waals surface area contributed by atoms with Crippen molar-refractivity contribution in [2.45, 2.75) is 0 Å². The van der Waals surface area contributed by atoms with E-state index in [9.17, 15) is 5.26 Å². The number of methoxy groups -OCH3 is 2. The number of benzene rings is 2. The Bertz CT molecular complexity index is 1230. The van der Waals surface area contributed by atoms with E-state index in [1.54, 1.807) is 44.6 Å². The van der Waals surface area contributed by atoms with Crippen LogP contribution in [0.25, 0.3) is 22.4 Å². The summed E-state index contributed by atoms with van der Waals surface area (Å²) in [7, 11) is 3.13. The summed E-state index contributed by atoms with van der Waals surface area (Å²) in [5.41, 5.74) is 13.9. The van der Waals surface area contributed by atoms with Gasteiger partial charge in [0, 0.05) is 17.2 Å². The number of rotatable bonds is 5. The molecule has 0 atom stereocenters. The van der Waals surface area contributed by atoms with E-state index in [2.05, 4.69) is 16.0 Å². The van der Waals surface area contributed by atoms with E-state index in [0.717, 1.165) is 5.56 Å². The summed E-state index contributed by atoms with van der Waals surface area (Å²) < 4.78 is 21.7. The van der Waals surface area contributed by atoms with E-state index in [0.29, 0.717) is 39.8 Å². The van der Waals surface area contributed by atoms with Crippen LogP contribution in [0.3, 0.4) is 0 Å². The number of guanidine groups is 1. The van der Waals surface area contributed by atoms with Crippen LogP contribution in [0.1, 0.15) is 5.56 Å². The molecule has 2 aromatic carbocycles. The Labute approximate surface area is 178 Å². The van der Waals surface area contributed by atoms with Crippen LogP contribution in [0.5, 0.6) is 23.0 Å². The predicted molar refractivity (Wildman–Crippen MR) is 115 cm³/mol. The predicted octanol–water partition coefficient (Wildman–Crippen LogP) is 2.94. The normalized spacial score (nSPS) is 11.5. The first kappa shape index (κ1) is 19.8. The zero-order chi connectivity index (χ0) is 22.0. The number of nitrogens with two attached hydrogens (primary N) is 2. The molecule has 0 radical (unpaired) electrons. The standard InChI is InChI=1S/C22H19N5O4/c1-28-13-4-5-14(19(8-13)29-2)17-9-15(16(10-23)21(26-17)27-22(24)25)12-3-6-18-20(7-12)31-11-30-18/h3-9H,11H2,1-2H3,(H4,24,25,26,27). The maximum Gasteiger partial charge on any atom is 0.231 e. The number of nitrogens with zero attached hydrogens (tertiary/aromatic N) is 3. The summed E-state index contributed by atoms with van der Waals surface area (Å²) in [6.45, 7) is 0.147. The highest BCUT2D eigenvalue weighted by Gasteiger charge is 2.20. The molecule has 1 aliphatic heterocycles. The van der Waals surface area contributed by atoms with E-state index in [1.807, 2.05) is 12.1 Å². The highest BCUT2D eigenvalue weighted by atomic mass is 16.7. The number of ether oxygens (including phenoxy) is 4. The van der Waals surface area contributed by atoms with Gasteiger partial charge in [0.15, 0.2) is 23.3 Å². The van der Waals surface area contributed by atoms with Gasteiger partial charge in [-0.25, -0.2) is 4.98 Å². The van der Waals surface area contributed by atoms with Crippen molar-refractivity contribution in [2.24, 2.45) is 16.5 Å². The summed E-state index contributed by atoms with van der Waals surface area (Å²) in [6.07, 6.45) is 0. The molecule has 156 valence electrons. The molecule has 0 amide bonds. The molecule has 31 heavy (non-hydrogen) atoms. The first-order chi connectivity index (χ1) is 15.0. The lowest BCUT2D eigenvalue weighted by atomic mass is 9.97. The Balaban J connectivity index is 1.97. The lowest BCUT2D eigenvalue weighted by Crippen LogP contribution is -2.22. The Morgan fingerprint density at radius 3 is 2.55 bits per heavy atom. The van der Waals surface area contributed by atoms with Crippen LogP contribution in [0.2, 0.25) is 0 Å². The first-order valence-electron chi connectivity index (χ1n) is 9.21. The third-order valence-corrected chi connectivity index (χ3v) is 4.72. The molecular weight excluding hydrogens is 398 g/mol. The molecular formula is C22H19N5O4. The maximum absolute atomic E-state index is 9.86. The summed E-state index contributed by atoms with van der Waals surface area (Å²) in [4.78, 5) is 8.61. The quantitative estimate of drug-likeness (QED) is 0.477. The Kier molecular flexibility index (Phi) is 5.20. The van der Waals surface area contributed by atoms with Gasteiger partial charge in [0.05, 0.1) is 19.9 Å². The van der Waals surface area contributed by atoms with E-state index >= 15 is 0 Å². The fraction of sp³-hybridized carbons (Fsp3) is 0.136. The number of hydrogen-bond acceptors (Lipinski definition) is 7. The zero-order valence-electron chi connectivity index (χ0n) is 16.9. The van der Waals surface area contributed by atoms with Gasteiger partial charge >= 0.3 is 0 Å². The maximum atomic E-state index is 9.86. The van der Waals surface area contributed by atoms with Crippen molar-refractivity contribution in [2.75, 3.05) is 21.0 Å². The van der Waals surface area contributed by atoms with Gasteiger partial charge < -0.3 is 30.4 Å². The Hall–Kier alpha value is -4.45. The van der Waals surface area contributed by atoms with Crippen LogP contribution in [-0.2, 0) is 0 Å². The van der Waals surface area contributed by atoms with Crippen molar-refractivity contribution in [1.82, 2.24) is 4.98 Å². The highest BCUT2D eigenvalue weighted by molar-refractivity contribution is 5.85. The molecule has 1 aliphatic rings. The van der Waals surface area contributed by atoms with Crippen molar-refractivity contribution in [1.29, 1.82) is 5.26 Å². The second-order valence-corrected chi connectivity index (χ2v) is 6.54. The SMILES string of the molecule is COc1ccc(-c2cc(-c3ccc4c(c3)OCO4)c(C#N)c(N=C(N)N)n2)c(OC)c1. The Morgan fingerprint density at radius 2 is 1.84 bits per heavy atom. The van der Waals surface area contributed by atoms with Gasteiger partial charge in [0.2, 0.25) is 6.79 Å². The smallest absolute Gasteiger partial charge is 0.231 e. The van der Waals surface area contributed by atoms with Gasteiger partial charge in [-0.2, -0.15) is 10.3 Å². The third kappa shape index (κ3) is 3.74. The second-order valence-electron chi connectivity index (χ2n) is 6.54. The van der Waals surface area contributed by atoms with Crippen molar-refractivity contribution in [3.8, 4) is 51.5 Å². The van der Waals surface area contributed by atoms with Gasteiger partial charge in [0.25, 0.3) is 0 Å². The van der Waals surface area contributed by atoms with Gasteiger partial charge in [-0.15, -0.1) is 0 Å². The monoisotopic (exact) mass is 417 g/mol. The highest BCUT2D eigenvalue weighted by Crippen LogP contribution is 2.41. The Morgan fingerprint density at radius 1 is 1.03 bits per heavy atom. The van der Waals surface area contributed by atoms with Gasteiger partial charge in [-0.1, -0.05) is 6.07 Å². The van der Waals surface area contributed by atoms with Gasteiger partial charge in [0.1, 0.15) is 23.1 Å².